The third-order valence-corrected chi connectivity index (χ3v) is 4.11. The normalized spacial score (nSPS) is 20.9. The van der Waals surface area contributed by atoms with E-state index in [-0.39, 0.29) is 12.6 Å². The summed E-state index contributed by atoms with van der Waals surface area (Å²) in [5.74, 6) is -0.858. The van der Waals surface area contributed by atoms with Gasteiger partial charge in [0.2, 0.25) is 0 Å². The molecule has 1 aromatic rings. The number of carboxylic acid groups (broad SMARTS) is 1. The maximum atomic E-state index is 12.3. The van der Waals surface area contributed by atoms with Crippen LogP contribution in [0.5, 0.6) is 0 Å². The Labute approximate surface area is 130 Å². The van der Waals surface area contributed by atoms with Crippen LogP contribution in [0.15, 0.2) is 24.3 Å². The molecule has 1 fully saturated rings. The molecule has 1 heterocycles. The van der Waals surface area contributed by atoms with Crippen molar-refractivity contribution in [1.82, 2.24) is 4.90 Å². The van der Waals surface area contributed by atoms with Crippen LogP contribution in [0.25, 0.3) is 0 Å². The highest BCUT2D eigenvalue weighted by atomic mass is 16.5. The predicted molar refractivity (Wildman–Crippen MR) is 83.0 cm³/mol. The van der Waals surface area contributed by atoms with Gasteiger partial charge in [0, 0.05) is 25.9 Å². The molecule has 1 aliphatic heterocycles. The largest absolute Gasteiger partial charge is 0.481 e. The lowest BCUT2D eigenvalue weighted by molar-refractivity contribution is -0.146. The number of rotatable bonds is 5. The number of anilines is 1. The van der Waals surface area contributed by atoms with Crippen LogP contribution in [-0.2, 0) is 16.0 Å². The average Bonchev–Trinajstić information content (AvgIpc) is 2.90. The van der Waals surface area contributed by atoms with Gasteiger partial charge in [0.15, 0.2) is 0 Å². The fourth-order valence-corrected chi connectivity index (χ4v) is 2.58. The smallest absolute Gasteiger partial charge is 0.321 e. The molecule has 6 heteroatoms. The minimum Gasteiger partial charge on any atom is -0.481 e. The molecule has 1 unspecified atom stereocenters. The molecule has 1 aromatic carbocycles. The highest BCUT2D eigenvalue weighted by Crippen LogP contribution is 2.30. The first-order chi connectivity index (χ1) is 10.5. The molecule has 2 rings (SSSR count). The molecule has 1 saturated heterocycles. The van der Waals surface area contributed by atoms with Crippen LogP contribution in [0.3, 0.4) is 0 Å². The number of ether oxygens (including phenoxy) is 1. The van der Waals surface area contributed by atoms with E-state index in [0.717, 1.165) is 11.3 Å². The van der Waals surface area contributed by atoms with E-state index in [1.54, 1.807) is 18.9 Å². The Bertz CT molecular complexity index is 561. The first-order valence-electron chi connectivity index (χ1n) is 7.32. The Morgan fingerprint density at radius 2 is 2.14 bits per heavy atom. The number of amides is 2. The van der Waals surface area contributed by atoms with E-state index < -0.39 is 11.4 Å². The van der Waals surface area contributed by atoms with E-state index in [2.05, 4.69) is 5.32 Å². The average molecular weight is 306 g/mol. The summed E-state index contributed by atoms with van der Waals surface area (Å²) < 4.78 is 5.07. The number of nitrogens with one attached hydrogen (secondary N) is 1. The number of carbonyl (C=O) groups excluding carboxylic acids is 1. The van der Waals surface area contributed by atoms with Gasteiger partial charge in [-0.2, -0.15) is 0 Å². The topological polar surface area (TPSA) is 78.9 Å². The van der Waals surface area contributed by atoms with Crippen molar-refractivity contribution in [2.45, 2.75) is 19.8 Å². The summed E-state index contributed by atoms with van der Waals surface area (Å²) >= 11 is 0. The quantitative estimate of drug-likeness (QED) is 0.874. The van der Waals surface area contributed by atoms with Crippen molar-refractivity contribution >= 4 is 17.7 Å². The lowest BCUT2D eigenvalue weighted by Gasteiger charge is -2.21. The summed E-state index contributed by atoms with van der Waals surface area (Å²) in [7, 11) is 1.64. The van der Waals surface area contributed by atoms with E-state index in [4.69, 9.17) is 4.74 Å². The Hall–Kier alpha value is -2.08. The predicted octanol–water partition coefficient (Wildman–Crippen LogP) is 2.20. The molecule has 0 spiro atoms. The van der Waals surface area contributed by atoms with Gasteiger partial charge in [-0.05, 0) is 31.4 Å². The molecule has 0 aliphatic carbocycles. The first kappa shape index (κ1) is 16.3. The van der Waals surface area contributed by atoms with Crippen LogP contribution in [-0.4, -0.2) is 48.8 Å². The van der Waals surface area contributed by atoms with Crippen LogP contribution in [0, 0.1) is 5.41 Å². The maximum absolute atomic E-state index is 12.3. The van der Waals surface area contributed by atoms with Gasteiger partial charge in [-0.3, -0.25) is 4.79 Å². The van der Waals surface area contributed by atoms with Gasteiger partial charge in [-0.25, -0.2) is 4.79 Å². The van der Waals surface area contributed by atoms with Crippen molar-refractivity contribution in [1.29, 1.82) is 0 Å². The number of aliphatic carboxylic acids is 1. The number of carboxylic acids is 1. The van der Waals surface area contributed by atoms with Gasteiger partial charge >= 0.3 is 12.0 Å². The Balaban J connectivity index is 2.03. The van der Waals surface area contributed by atoms with Gasteiger partial charge in [0.05, 0.1) is 12.0 Å². The Morgan fingerprint density at radius 1 is 1.41 bits per heavy atom. The second-order valence-electron chi connectivity index (χ2n) is 5.87. The van der Waals surface area contributed by atoms with E-state index in [0.29, 0.717) is 26.0 Å². The number of urea groups is 1. The minimum atomic E-state index is -0.858. The van der Waals surface area contributed by atoms with Gasteiger partial charge < -0.3 is 20.1 Å². The van der Waals surface area contributed by atoms with Crippen molar-refractivity contribution in [2.24, 2.45) is 5.41 Å². The SMILES string of the molecule is COCCc1ccccc1NC(=O)N1CCC(C)(C(=O)O)C1. The lowest BCUT2D eigenvalue weighted by Crippen LogP contribution is -2.37. The first-order valence-corrected chi connectivity index (χ1v) is 7.32. The number of likely N-dealkylation sites (tertiary alicyclic amines) is 1. The molecule has 0 radical (unpaired) electrons. The molecule has 0 bridgehead atoms. The maximum Gasteiger partial charge on any atom is 0.321 e. The summed E-state index contributed by atoms with van der Waals surface area (Å²) in [6.45, 7) is 2.94. The second kappa shape index (κ2) is 6.79. The van der Waals surface area contributed by atoms with Crippen LogP contribution in [0.2, 0.25) is 0 Å². The second-order valence-corrected chi connectivity index (χ2v) is 5.87. The molecular weight excluding hydrogens is 284 g/mol. The number of carbonyl (C=O) groups is 2. The number of benzene rings is 1. The standard InChI is InChI=1S/C16H22N2O4/c1-16(14(19)20)8-9-18(11-16)15(21)17-13-6-4-3-5-12(13)7-10-22-2/h3-6H,7-11H2,1-2H3,(H,17,21)(H,19,20). The van der Waals surface area contributed by atoms with E-state index in [1.807, 2.05) is 24.3 Å². The van der Waals surface area contributed by atoms with Gasteiger partial charge in [-0.15, -0.1) is 0 Å². The Kier molecular flexibility index (Phi) is 5.03. The zero-order valence-corrected chi connectivity index (χ0v) is 13.0. The molecule has 1 aliphatic rings. The summed E-state index contributed by atoms with van der Waals surface area (Å²) in [6, 6.07) is 7.31. The molecule has 2 amide bonds. The summed E-state index contributed by atoms with van der Waals surface area (Å²) in [5, 5.41) is 12.1. The number of hydrogen-bond donors (Lipinski definition) is 2. The van der Waals surface area contributed by atoms with Crippen molar-refractivity contribution < 1.29 is 19.4 Å². The lowest BCUT2D eigenvalue weighted by atomic mass is 9.90. The summed E-state index contributed by atoms with van der Waals surface area (Å²) in [4.78, 5) is 25.1. The van der Waals surface area contributed by atoms with Crippen molar-refractivity contribution in [3.63, 3.8) is 0 Å². The number of nitrogens with zero attached hydrogens (tertiary/aromatic N) is 1. The number of para-hydroxylation sites is 1. The van der Waals surface area contributed by atoms with Crippen molar-refractivity contribution in [3.05, 3.63) is 29.8 Å². The molecule has 2 N–H and O–H groups in total. The monoisotopic (exact) mass is 306 g/mol. The Morgan fingerprint density at radius 3 is 2.77 bits per heavy atom. The number of hydrogen-bond acceptors (Lipinski definition) is 3. The van der Waals surface area contributed by atoms with Crippen LogP contribution < -0.4 is 5.32 Å². The van der Waals surface area contributed by atoms with E-state index in [9.17, 15) is 14.7 Å². The molecule has 6 nitrogen and oxygen atoms in total. The van der Waals surface area contributed by atoms with Gasteiger partial charge in [-0.1, -0.05) is 18.2 Å². The minimum absolute atomic E-state index is 0.231. The third-order valence-electron chi connectivity index (χ3n) is 4.11. The zero-order chi connectivity index (χ0) is 16.2. The summed E-state index contributed by atoms with van der Waals surface area (Å²) in [6.07, 6.45) is 1.18. The molecular formula is C16H22N2O4. The fraction of sp³-hybridized carbons (Fsp3) is 0.500. The van der Waals surface area contributed by atoms with Crippen molar-refractivity contribution in [3.8, 4) is 0 Å². The number of methoxy groups -OCH3 is 1. The van der Waals surface area contributed by atoms with E-state index in [1.165, 1.54) is 0 Å². The molecule has 1 atom stereocenters. The van der Waals surface area contributed by atoms with E-state index >= 15 is 0 Å². The molecule has 120 valence electrons. The van der Waals surface area contributed by atoms with Gasteiger partial charge in [0.1, 0.15) is 0 Å². The van der Waals surface area contributed by atoms with Gasteiger partial charge in [0.25, 0.3) is 0 Å². The fourth-order valence-electron chi connectivity index (χ4n) is 2.58. The highest BCUT2D eigenvalue weighted by Gasteiger charge is 2.42. The molecule has 0 saturated carbocycles. The molecule has 22 heavy (non-hydrogen) atoms. The van der Waals surface area contributed by atoms with Crippen LogP contribution in [0.4, 0.5) is 10.5 Å². The summed E-state index contributed by atoms with van der Waals surface area (Å²) in [5.41, 5.74) is 0.888. The van der Waals surface area contributed by atoms with Crippen molar-refractivity contribution in [2.75, 3.05) is 32.1 Å². The highest BCUT2D eigenvalue weighted by molar-refractivity contribution is 5.91. The molecule has 0 aromatic heterocycles. The van der Waals surface area contributed by atoms with Crippen LogP contribution >= 0.6 is 0 Å². The van der Waals surface area contributed by atoms with Crippen LogP contribution in [0.1, 0.15) is 18.9 Å². The zero-order valence-electron chi connectivity index (χ0n) is 13.0. The third kappa shape index (κ3) is 3.57.